The van der Waals surface area contributed by atoms with E-state index in [0.717, 1.165) is 0 Å². The smallest absolute Gasteiger partial charge is 0.273 e. The van der Waals surface area contributed by atoms with Gasteiger partial charge in [0.25, 0.3) is 5.91 Å². The van der Waals surface area contributed by atoms with Gasteiger partial charge in [0, 0.05) is 13.7 Å². The maximum absolute atomic E-state index is 12.8. The summed E-state index contributed by atoms with van der Waals surface area (Å²) in [6, 6.07) is 0. The Balaban J connectivity index is 2.79. The van der Waals surface area contributed by atoms with Crippen LogP contribution >= 0.6 is 0 Å². The van der Waals surface area contributed by atoms with Crippen molar-refractivity contribution in [3.63, 3.8) is 0 Å². The molecule has 0 aromatic carbocycles. The van der Waals surface area contributed by atoms with Crippen LogP contribution in [0.3, 0.4) is 0 Å². The van der Waals surface area contributed by atoms with E-state index in [1.807, 2.05) is 13.8 Å². The number of ether oxygens (including phenoxy) is 1. The third-order valence-corrected chi connectivity index (χ3v) is 2.16. The second-order valence-corrected chi connectivity index (χ2v) is 4.10. The Bertz CT molecular complexity index is 377. The van der Waals surface area contributed by atoms with Gasteiger partial charge in [-0.2, -0.15) is 0 Å². The monoisotopic (exact) mass is 244 g/mol. The lowest BCUT2D eigenvalue weighted by molar-refractivity contribution is 0.0938. The Hall–Kier alpha value is -1.43. The van der Waals surface area contributed by atoms with Gasteiger partial charge in [0.05, 0.1) is 5.56 Å². The van der Waals surface area contributed by atoms with Crippen LogP contribution in [0.1, 0.15) is 35.7 Å². The number of methoxy groups -OCH3 is 1. The van der Waals surface area contributed by atoms with Gasteiger partial charge in [-0.1, -0.05) is 19.0 Å². The molecule has 0 aliphatic heterocycles. The van der Waals surface area contributed by atoms with E-state index in [2.05, 4.69) is 10.5 Å². The van der Waals surface area contributed by atoms with Gasteiger partial charge < -0.3 is 14.6 Å². The summed E-state index contributed by atoms with van der Waals surface area (Å²) in [6.07, 6.45) is 0. The standard InChI is InChI=1S/C11H17FN2O3/c1-7(2)5-13-11(15)10-8(4-12)9(6-16-3)17-14-10/h7H,4-6H2,1-3H3,(H,13,15). The van der Waals surface area contributed by atoms with Crippen molar-refractivity contribution in [3.05, 3.63) is 17.0 Å². The number of hydrogen-bond acceptors (Lipinski definition) is 4. The minimum Gasteiger partial charge on any atom is -0.377 e. The zero-order valence-corrected chi connectivity index (χ0v) is 10.2. The highest BCUT2D eigenvalue weighted by Gasteiger charge is 2.21. The first-order valence-electron chi connectivity index (χ1n) is 5.40. The molecule has 17 heavy (non-hydrogen) atoms. The zero-order chi connectivity index (χ0) is 12.8. The summed E-state index contributed by atoms with van der Waals surface area (Å²) in [5.74, 6) is 0.153. The van der Waals surface area contributed by atoms with Crippen molar-refractivity contribution in [2.75, 3.05) is 13.7 Å². The average Bonchev–Trinajstić information content (AvgIpc) is 2.69. The molecule has 0 radical (unpaired) electrons. The first-order chi connectivity index (χ1) is 8.10. The summed E-state index contributed by atoms with van der Waals surface area (Å²) in [6.45, 7) is 3.75. The molecule has 0 saturated carbocycles. The first kappa shape index (κ1) is 13.6. The lowest BCUT2D eigenvalue weighted by Crippen LogP contribution is -2.28. The van der Waals surface area contributed by atoms with Crippen LogP contribution in [0.2, 0.25) is 0 Å². The molecular weight excluding hydrogens is 227 g/mol. The fourth-order valence-electron chi connectivity index (χ4n) is 1.28. The number of carbonyl (C=O) groups is 1. The van der Waals surface area contributed by atoms with Crippen LogP contribution in [-0.2, 0) is 18.0 Å². The number of aromatic nitrogens is 1. The Labute approximate surface area is 99.3 Å². The molecule has 96 valence electrons. The summed E-state index contributed by atoms with van der Waals surface area (Å²) in [5, 5.41) is 6.24. The third kappa shape index (κ3) is 3.52. The van der Waals surface area contributed by atoms with Crippen LogP contribution in [-0.4, -0.2) is 24.7 Å². The maximum atomic E-state index is 12.8. The van der Waals surface area contributed by atoms with E-state index in [-0.39, 0.29) is 23.6 Å². The predicted molar refractivity (Wildman–Crippen MR) is 59.2 cm³/mol. The highest BCUT2D eigenvalue weighted by atomic mass is 19.1. The van der Waals surface area contributed by atoms with Crippen molar-refractivity contribution < 1.29 is 18.4 Å². The van der Waals surface area contributed by atoms with Crippen molar-refractivity contribution in [2.24, 2.45) is 5.92 Å². The summed E-state index contributed by atoms with van der Waals surface area (Å²) in [7, 11) is 1.46. The van der Waals surface area contributed by atoms with Gasteiger partial charge >= 0.3 is 0 Å². The minimum atomic E-state index is -0.799. The number of alkyl halides is 1. The van der Waals surface area contributed by atoms with Gasteiger partial charge in [-0.05, 0) is 5.92 Å². The largest absolute Gasteiger partial charge is 0.377 e. The number of carbonyl (C=O) groups excluding carboxylic acids is 1. The van der Waals surface area contributed by atoms with E-state index in [4.69, 9.17) is 9.26 Å². The molecule has 1 aromatic rings. The maximum Gasteiger partial charge on any atom is 0.273 e. The molecule has 1 amide bonds. The molecule has 0 unspecified atom stereocenters. The van der Waals surface area contributed by atoms with E-state index in [9.17, 15) is 9.18 Å². The van der Waals surface area contributed by atoms with Crippen LogP contribution in [0, 0.1) is 5.92 Å². The molecule has 0 atom stereocenters. The highest BCUT2D eigenvalue weighted by molar-refractivity contribution is 5.93. The van der Waals surface area contributed by atoms with E-state index in [1.54, 1.807) is 0 Å². The molecule has 0 aliphatic rings. The Kier molecular flexibility index (Phi) is 5.09. The summed E-state index contributed by atoms with van der Waals surface area (Å²) in [4.78, 5) is 11.7. The van der Waals surface area contributed by atoms with Crippen LogP contribution in [0.25, 0.3) is 0 Å². The predicted octanol–water partition coefficient (Wildman–Crippen LogP) is 1.68. The normalized spacial score (nSPS) is 10.9. The molecule has 0 spiro atoms. The number of nitrogens with zero attached hydrogens (tertiary/aromatic N) is 1. The van der Waals surface area contributed by atoms with Gasteiger partial charge in [0.1, 0.15) is 13.3 Å². The van der Waals surface area contributed by atoms with E-state index in [0.29, 0.717) is 12.5 Å². The molecule has 0 saturated heterocycles. The van der Waals surface area contributed by atoms with E-state index < -0.39 is 12.6 Å². The van der Waals surface area contributed by atoms with Crippen LogP contribution in [0.5, 0.6) is 0 Å². The summed E-state index contributed by atoms with van der Waals surface area (Å²) in [5.41, 5.74) is 0.160. The molecule has 0 bridgehead atoms. The Morgan fingerprint density at radius 1 is 1.59 bits per heavy atom. The quantitative estimate of drug-likeness (QED) is 0.826. The molecule has 1 rings (SSSR count). The minimum absolute atomic E-state index is 0.000185. The van der Waals surface area contributed by atoms with Gasteiger partial charge in [-0.15, -0.1) is 0 Å². The topological polar surface area (TPSA) is 64.4 Å². The second-order valence-electron chi connectivity index (χ2n) is 4.10. The van der Waals surface area contributed by atoms with Gasteiger partial charge in [0.15, 0.2) is 11.5 Å². The number of halogens is 1. The SMILES string of the molecule is COCc1onc(C(=O)NCC(C)C)c1CF. The number of amides is 1. The molecule has 1 heterocycles. The lowest BCUT2D eigenvalue weighted by atomic mass is 10.2. The molecule has 5 nitrogen and oxygen atoms in total. The average molecular weight is 244 g/mol. The fraction of sp³-hybridized carbons (Fsp3) is 0.636. The molecular formula is C11H17FN2O3. The molecule has 6 heteroatoms. The highest BCUT2D eigenvalue weighted by Crippen LogP contribution is 2.16. The Morgan fingerprint density at radius 3 is 2.82 bits per heavy atom. The second kappa shape index (κ2) is 6.34. The van der Waals surface area contributed by atoms with Crippen molar-refractivity contribution in [2.45, 2.75) is 27.1 Å². The van der Waals surface area contributed by atoms with Crippen molar-refractivity contribution in [3.8, 4) is 0 Å². The molecule has 0 aliphatic carbocycles. The van der Waals surface area contributed by atoms with Crippen molar-refractivity contribution in [1.29, 1.82) is 0 Å². The van der Waals surface area contributed by atoms with Gasteiger partial charge in [-0.3, -0.25) is 4.79 Å². The Morgan fingerprint density at radius 2 is 2.29 bits per heavy atom. The van der Waals surface area contributed by atoms with Gasteiger partial charge in [0.2, 0.25) is 0 Å². The lowest BCUT2D eigenvalue weighted by Gasteiger charge is -2.05. The molecule has 1 aromatic heterocycles. The van der Waals surface area contributed by atoms with Crippen LogP contribution in [0.15, 0.2) is 4.52 Å². The zero-order valence-electron chi connectivity index (χ0n) is 10.2. The first-order valence-corrected chi connectivity index (χ1v) is 5.40. The third-order valence-electron chi connectivity index (χ3n) is 2.16. The van der Waals surface area contributed by atoms with E-state index in [1.165, 1.54) is 7.11 Å². The van der Waals surface area contributed by atoms with Crippen LogP contribution < -0.4 is 5.32 Å². The number of nitrogens with one attached hydrogen (secondary N) is 1. The summed E-state index contributed by atoms with van der Waals surface area (Å²) < 4.78 is 22.5. The summed E-state index contributed by atoms with van der Waals surface area (Å²) >= 11 is 0. The number of rotatable bonds is 6. The molecule has 0 fully saturated rings. The number of hydrogen-bond donors (Lipinski definition) is 1. The van der Waals surface area contributed by atoms with Crippen LogP contribution in [0.4, 0.5) is 4.39 Å². The fourth-order valence-corrected chi connectivity index (χ4v) is 1.28. The van der Waals surface area contributed by atoms with E-state index >= 15 is 0 Å². The van der Waals surface area contributed by atoms with Crippen molar-refractivity contribution >= 4 is 5.91 Å². The van der Waals surface area contributed by atoms with Gasteiger partial charge in [-0.25, -0.2) is 4.39 Å². The van der Waals surface area contributed by atoms with Crippen molar-refractivity contribution in [1.82, 2.24) is 10.5 Å². The molecule has 1 N–H and O–H groups in total.